The van der Waals surface area contributed by atoms with Gasteiger partial charge < -0.3 is 9.57 Å². The van der Waals surface area contributed by atoms with Crippen LogP contribution in [-0.4, -0.2) is 15.2 Å². The van der Waals surface area contributed by atoms with Crippen molar-refractivity contribution in [2.24, 2.45) is 0 Å². The lowest BCUT2D eigenvalue weighted by atomic mass is 10.3. The molecule has 0 unspecified atom stereocenters. The SMILES string of the molecule is c1ccc(OCc2cn(Oc3ccccc3)nn2)cc1. The van der Waals surface area contributed by atoms with Gasteiger partial charge in [0.2, 0.25) is 0 Å². The van der Waals surface area contributed by atoms with Crippen LogP contribution in [0.3, 0.4) is 0 Å². The van der Waals surface area contributed by atoms with Gasteiger partial charge in [-0.15, -0.1) is 5.10 Å². The fourth-order valence-electron chi connectivity index (χ4n) is 1.65. The van der Waals surface area contributed by atoms with Crippen molar-refractivity contribution in [3.63, 3.8) is 0 Å². The summed E-state index contributed by atoms with van der Waals surface area (Å²) in [4.78, 5) is 6.82. The van der Waals surface area contributed by atoms with E-state index in [2.05, 4.69) is 10.3 Å². The molecule has 1 aromatic heterocycles. The quantitative estimate of drug-likeness (QED) is 0.713. The van der Waals surface area contributed by atoms with Crippen LogP contribution in [0.1, 0.15) is 5.69 Å². The predicted molar refractivity (Wildman–Crippen MR) is 73.3 cm³/mol. The van der Waals surface area contributed by atoms with Crippen LogP contribution in [0.5, 0.6) is 11.5 Å². The van der Waals surface area contributed by atoms with Crippen molar-refractivity contribution in [3.8, 4) is 11.5 Å². The van der Waals surface area contributed by atoms with Crippen molar-refractivity contribution in [1.82, 2.24) is 15.2 Å². The third-order valence-electron chi connectivity index (χ3n) is 2.59. The van der Waals surface area contributed by atoms with Gasteiger partial charge in [-0.2, -0.15) is 0 Å². The molecule has 5 heteroatoms. The highest BCUT2D eigenvalue weighted by atomic mass is 16.7. The largest absolute Gasteiger partial charge is 0.487 e. The van der Waals surface area contributed by atoms with Crippen LogP contribution in [0.15, 0.2) is 66.9 Å². The van der Waals surface area contributed by atoms with Gasteiger partial charge in [-0.05, 0) is 29.5 Å². The van der Waals surface area contributed by atoms with Gasteiger partial charge in [0.25, 0.3) is 0 Å². The summed E-state index contributed by atoms with van der Waals surface area (Å²) < 4.78 is 5.58. The molecule has 100 valence electrons. The van der Waals surface area contributed by atoms with E-state index in [1.807, 2.05) is 60.7 Å². The zero-order valence-electron chi connectivity index (χ0n) is 10.7. The third kappa shape index (κ3) is 3.14. The predicted octanol–water partition coefficient (Wildman–Crippen LogP) is 2.70. The Morgan fingerprint density at radius 2 is 1.50 bits per heavy atom. The number of para-hydroxylation sites is 2. The molecule has 0 saturated carbocycles. The van der Waals surface area contributed by atoms with Gasteiger partial charge in [-0.3, -0.25) is 0 Å². The maximum atomic E-state index is 5.58. The molecule has 1 heterocycles. The van der Waals surface area contributed by atoms with Gasteiger partial charge in [0, 0.05) is 0 Å². The Bertz CT molecular complexity index is 653. The first kappa shape index (κ1) is 12.2. The summed E-state index contributed by atoms with van der Waals surface area (Å²) in [7, 11) is 0. The molecule has 0 radical (unpaired) electrons. The number of hydrogen-bond donors (Lipinski definition) is 0. The fraction of sp³-hybridized carbons (Fsp3) is 0.0667. The minimum Gasteiger partial charge on any atom is -0.487 e. The van der Waals surface area contributed by atoms with Gasteiger partial charge in [0.1, 0.15) is 18.1 Å². The molecule has 0 bridgehead atoms. The maximum absolute atomic E-state index is 5.58. The average molecular weight is 267 g/mol. The van der Waals surface area contributed by atoms with E-state index >= 15 is 0 Å². The second kappa shape index (κ2) is 5.88. The summed E-state index contributed by atoms with van der Waals surface area (Å²) >= 11 is 0. The van der Waals surface area contributed by atoms with Gasteiger partial charge in [0.15, 0.2) is 5.75 Å². The van der Waals surface area contributed by atoms with Crippen LogP contribution in [0.4, 0.5) is 0 Å². The van der Waals surface area contributed by atoms with Crippen molar-refractivity contribution < 1.29 is 9.57 Å². The summed E-state index contributed by atoms with van der Waals surface area (Å²) in [6, 6.07) is 19.0. The summed E-state index contributed by atoms with van der Waals surface area (Å²) in [6.07, 6.45) is 1.69. The van der Waals surface area contributed by atoms with Gasteiger partial charge in [0.05, 0.1) is 6.20 Å². The lowest BCUT2D eigenvalue weighted by molar-refractivity contribution is 0.172. The molecule has 3 rings (SSSR count). The molecule has 0 spiro atoms. The minimum atomic E-state index is 0.349. The maximum Gasteiger partial charge on any atom is 0.157 e. The van der Waals surface area contributed by atoms with E-state index in [1.165, 1.54) is 4.85 Å². The summed E-state index contributed by atoms with van der Waals surface area (Å²) in [5, 5.41) is 7.88. The zero-order chi connectivity index (χ0) is 13.6. The van der Waals surface area contributed by atoms with Crippen molar-refractivity contribution >= 4 is 0 Å². The van der Waals surface area contributed by atoms with E-state index < -0.39 is 0 Å². The Morgan fingerprint density at radius 3 is 2.20 bits per heavy atom. The molecule has 3 aromatic rings. The van der Waals surface area contributed by atoms with E-state index in [0.717, 1.165) is 5.75 Å². The van der Waals surface area contributed by atoms with Crippen molar-refractivity contribution in [3.05, 3.63) is 72.6 Å². The second-order valence-corrected chi connectivity index (χ2v) is 4.12. The molecule has 0 atom stereocenters. The smallest absolute Gasteiger partial charge is 0.157 e. The number of hydrogen-bond acceptors (Lipinski definition) is 4. The molecule has 0 saturated heterocycles. The van der Waals surface area contributed by atoms with E-state index in [1.54, 1.807) is 6.20 Å². The summed E-state index contributed by atoms with van der Waals surface area (Å²) in [5.74, 6) is 1.50. The number of aromatic nitrogens is 3. The highest BCUT2D eigenvalue weighted by Crippen LogP contribution is 2.11. The normalized spacial score (nSPS) is 10.2. The molecule has 0 N–H and O–H groups in total. The number of benzene rings is 2. The fourth-order valence-corrected chi connectivity index (χ4v) is 1.65. The summed E-state index contributed by atoms with van der Waals surface area (Å²) in [5.41, 5.74) is 0.699. The highest BCUT2D eigenvalue weighted by Gasteiger charge is 2.03. The Balaban J connectivity index is 1.60. The average Bonchev–Trinajstić information content (AvgIpc) is 2.95. The molecule has 0 amide bonds. The molecule has 5 nitrogen and oxygen atoms in total. The Kier molecular flexibility index (Phi) is 3.59. The number of rotatable bonds is 5. The van der Waals surface area contributed by atoms with Crippen LogP contribution in [0.2, 0.25) is 0 Å². The first-order valence-corrected chi connectivity index (χ1v) is 6.22. The second-order valence-electron chi connectivity index (χ2n) is 4.12. The van der Waals surface area contributed by atoms with Crippen molar-refractivity contribution in [2.75, 3.05) is 0 Å². The van der Waals surface area contributed by atoms with Crippen LogP contribution in [-0.2, 0) is 6.61 Å². The van der Waals surface area contributed by atoms with Crippen LogP contribution < -0.4 is 9.57 Å². The molecule has 0 fully saturated rings. The zero-order valence-corrected chi connectivity index (χ0v) is 10.7. The number of nitrogens with zero attached hydrogens (tertiary/aromatic N) is 3. The lowest BCUT2D eigenvalue weighted by Crippen LogP contribution is -2.05. The van der Waals surface area contributed by atoms with Crippen molar-refractivity contribution in [2.45, 2.75) is 6.61 Å². The molecule has 0 aliphatic rings. The van der Waals surface area contributed by atoms with E-state index in [9.17, 15) is 0 Å². The van der Waals surface area contributed by atoms with Gasteiger partial charge in [-0.1, -0.05) is 41.2 Å². The van der Waals surface area contributed by atoms with Gasteiger partial charge in [-0.25, -0.2) is 0 Å². The number of ether oxygens (including phenoxy) is 1. The lowest BCUT2D eigenvalue weighted by Gasteiger charge is -2.03. The third-order valence-corrected chi connectivity index (χ3v) is 2.59. The first-order valence-electron chi connectivity index (χ1n) is 6.22. The Hall–Kier alpha value is -2.82. The van der Waals surface area contributed by atoms with E-state index in [4.69, 9.17) is 9.57 Å². The molecule has 2 aromatic carbocycles. The van der Waals surface area contributed by atoms with Crippen LogP contribution >= 0.6 is 0 Å². The minimum absolute atomic E-state index is 0.349. The molecule has 20 heavy (non-hydrogen) atoms. The van der Waals surface area contributed by atoms with E-state index in [-0.39, 0.29) is 0 Å². The van der Waals surface area contributed by atoms with E-state index in [0.29, 0.717) is 18.1 Å². The van der Waals surface area contributed by atoms with Crippen LogP contribution in [0.25, 0.3) is 0 Å². The Morgan fingerprint density at radius 1 is 0.850 bits per heavy atom. The first-order chi connectivity index (χ1) is 9.90. The van der Waals surface area contributed by atoms with Crippen molar-refractivity contribution in [1.29, 1.82) is 0 Å². The Labute approximate surface area is 116 Å². The summed E-state index contributed by atoms with van der Waals surface area (Å²) in [6.45, 7) is 0.349. The van der Waals surface area contributed by atoms with Crippen LogP contribution in [0, 0.1) is 0 Å². The van der Waals surface area contributed by atoms with Gasteiger partial charge >= 0.3 is 0 Å². The molecule has 0 aliphatic carbocycles. The monoisotopic (exact) mass is 267 g/mol. The molecular formula is C15H13N3O2. The standard InChI is InChI=1S/C15H13N3O2/c1-3-7-14(8-4-1)19-12-13-11-18(17-16-13)20-15-9-5-2-6-10-15/h1-11H,12H2. The molecular weight excluding hydrogens is 254 g/mol. The topological polar surface area (TPSA) is 49.2 Å². The highest BCUT2D eigenvalue weighted by molar-refractivity contribution is 5.21. The molecule has 0 aliphatic heterocycles.